The lowest BCUT2D eigenvalue weighted by molar-refractivity contribution is -0.120. The van der Waals surface area contributed by atoms with Gasteiger partial charge in [0.2, 0.25) is 5.91 Å². The SMILES string of the molecule is COCCNCC(=O)NCCn1cccc1. The van der Waals surface area contributed by atoms with Gasteiger partial charge in [-0.3, -0.25) is 4.79 Å². The van der Waals surface area contributed by atoms with Gasteiger partial charge in [-0.2, -0.15) is 0 Å². The van der Waals surface area contributed by atoms with Gasteiger partial charge in [0.05, 0.1) is 13.2 Å². The van der Waals surface area contributed by atoms with E-state index in [2.05, 4.69) is 10.6 Å². The molecular weight excluding hydrogens is 206 g/mol. The molecule has 5 nitrogen and oxygen atoms in total. The Balaban J connectivity index is 1.98. The standard InChI is InChI=1S/C11H19N3O2/c1-16-9-5-12-10-11(15)13-4-8-14-6-2-3-7-14/h2-3,6-7,12H,4-5,8-10H2,1H3,(H,13,15). The number of rotatable bonds is 8. The molecule has 0 unspecified atom stereocenters. The largest absolute Gasteiger partial charge is 0.383 e. The third-order valence-corrected chi connectivity index (χ3v) is 2.13. The van der Waals surface area contributed by atoms with E-state index in [1.807, 2.05) is 29.1 Å². The molecule has 1 aromatic rings. The zero-order chi connectivity index (χ0) is 11.6. The molecule has 1 rings (SSSR count). The molecular formula is C11H19N3O2. The van der Waals surface area contributed by atoms with Crippen molar-refractivity contribution in [2.45, 2.75) is 6.54 Å². The second-order valence-corrected chi connectivity index (χ2v) is 3.44. The normalized spacial score (nSPS) is 10.3. The summed E-state index contributed by atoms with van der Waals surface area (Å²) in [7, 11) is 1.64. The molecule has 1 aromatic heterocycles. The molecule has 1 amide bonds. The van der Waals surface area contributed by atoms with Gasteiger partial charge in [-0.15, -0.1) is 0 Å². The predicted molar refractivity (Wildman–Crippen MR) is 62.2 cm³/mol. The summed E-state index contributed by atoms with van der Waals surface area (Å²) in [4.78, 5) is 11.3. The fraction of sp³-hybridized carbons (Fsp3) is 0.545. The summed E-state index contributed by atoms with van der Waals surface area (Å²) in [5, 5.41) is 5.82. The molecule has 0 spiro atoms. The van der Waals surface area contributed by atoms with Crippen molar-refractivity contribution in [2.75, 3.05) is 33.4 Å². The number of hydrogen-bond acceptors (Lipinski definition) is 3. The van der Waals surface area contributed by atoms with E-state index in [1.54, 1.807) is 7.11 Å². The molecule has 2 N–H and O–H groups in total. The number of aromatic nitrogens is 1. The molecule has 1 heterocycles. The van der Waals surface area contributed by atoms with E-state index in [0.717, 1.165) is 6.54 Å². The number of amides is 1. The number of ether oxygens (including phenoxy) is 1. The van der Waals surface area contributed by atoms with Crippen LogP contribution in [0.4, 0.5) is 0 Å². The summed E-state index contributed by atoms with van der Waals surface area (Å²) in [5.74, 6) is 0.0169. The van der Waals surface area contributed by atoms with Crippen molar-refractivity contribution in [1.29, 1.82) is 0 Å². The van der Waals surface area contributed by atoms with E-state index in [0.29, 0.717) is 26.2 Å². The molecule has 0 aromatic carbocycles. The topological polar surface area (TPSA) is 55.3 Å². The third-order valence-electron chi connectivity index (χ3n) is 2.13. The highest BCUT2D eigenvalue weighted by molar-refractivity contribution is 5.77. The second kappa shape index (κ2) is 7.90. The fourth-order valence-electron chi connectivity index (χ4n) is 1.28. The summed E-state index contributed by atoms with van der Waals surface area (Å²) in [6.07, 6.45) is 3.95. The molecule has 0 aliphatic heterocycles. The van der Waals surface area contributed by atoms with Crippen LogP contribution < -0.4 is 10.6 Å². The van der Waals surface area contributed by atoms with Crippen LogP contribution in [0.5, 0.6) is 0 Å². The van der Waals surface area contributed by atoms with Crippen LogP contribution in [-0.4, -0.2) is 43.8 Å². The number of methoxy groups -OCH3 is 1. The zero-order valence-corrected chi connectivity index (χ0v) is 9.61. The van der Waals surface area contributed by atoms with Gasteiger partial charge in [0, 0.05) is 39.1 Å². The van der Waals surface area contributed by atoms with Crippen LogP contribution in [0.2, 0.25) is 0 Å². The maximum Gasteiger partial charge on any atom is 0.234 e. The maximum absolute atomic E-state index is 11.3. The van der Waals surface area contributed by atoms with E-state index in [4.69, 9.17) is 4.74 Å². The Morgan fingerprint density at radius 1 is 1.31 bits per heavy atom. The Kier molecular flexibility index (Phi) is 6.29. The first-order chi connectivity index (χ1) is 7.83. The molecule has 16 heavy (non-hydrogen) atoms. The summed E-state index contributed by atoms with van der Waals surface area (Å²) in [6.45, 7) is 3.11. The molecule has 90 valence electrons. The van der Waals surface area contributed by atoms with Crippen LogP contribution in [0.1, 0.15) is 0 Å². The van der Waals surface area contributed by atoms with Gasteiger partial charge in [0.15, 0.2) is 0 Å². The van der Waals surface area contributed by atoms with Gasteiger partial charge in [0.1, 0.15) is 0 Å². The highest BCUT2D eigenvalue weighted by Gasteiger charge is 1.98. The first kappa shape index (κ1) is 12.7. The lowest BCUT2D eigenvalue weighted by Crippen LogP contribution is -2.36. The van der Waals surface area contributed by atoms with Crippen molar-refractivity contribution in [2.24, 2.45) is 0 Å². The van der Waals surface area contributed by atoms with Crippen LogP contribution >= 0.6 is 0 Å². The Hall–Kier alpha value is -1.33. The highest BCUT2D eigenvalue weighted by atomic mass is 16.5. The number of carbonyl (C=O) groups is 1. The Bertz CT molecular complexity index is 285. The second-order valence-electron chi connectivity index (χ2n) is 3.44. The number of carbonyl (C=O) groups excluding carboxylic acids is 1. The summed E-state index contributed by atoms with van der Waals surface area (Å²) in [6, 6.07) is 3.93. The van der Waals surface area contributed by atoms with E-state index in [-0.39, 0.29) is 5.91 Å². The maximum atomic E-state index is 11.3. The number of hydrogen-bond donors (Lipinski definition) is 2. The molecule has 0 aliphatic carbocycles. The van der Waals surface area contributed by atoms with Gasteiger partial charge in [-0.05, 0) is 12.1 Å². The number of nitrogens with zero attached hydrogens (tertiary/aromatic N) is 1. The Morgan fingerprint density at radius 3 is 2.75 bits per heavy atom. The van der Waals surface area contributed by atoms with Gasteiger partial charge in [-0.1, -0.05) is 0 Å². The average Bonchev–Trinajstić information content (AvgIpc) is 2.77. The molecule has 0 atom stereocenters. The zero-order valence-electron chi connectivity index (χ0n) is 9.61. The summed E-state index contributed by atoms with van der Waals surface area (Å²) < 4.78 is 6.88. The van der Waals surface area contributed by atoms with Gasteiger partial charge in [-0.25, -0.2) is 0 Å². The van der Waals surface area contributed by atoms with Crippen LogP contribution in [-0.2, 0) is 16.1 Å². The monoisotopic (exact) mass is 225 g/mol. The lowest BCUT2D eigenvalue weighted by Gasteiger charge is -2.07. The van der Waals surface area contributed by atoms with Crippen LogP contribution in [0.25, 0.3) is 0 Å². The van der Waals surface area contributed by atoms with Gasteiger partial charge in [0.25, 0.3) is 0 Å². The van der Waals surface area contributed by atoms with Crippen molar-refractivity contribution < 1.29 is 9.53 Å². The molecule has 0 aliphatic rings. The molecule has 0 fully saturated rings. The minimum Gasteiger partial charge on any atom is -0.383 e. The average molecular weight is 225 g/mol. The van der Waals surface area contributed by atoms with Crippen LogP contribution in [0.3, 0.4) is 0 Å². The Morgan fingerprint density at radius 2 is 2.06 bits per heavy atom. The van der Waals surface area contributed by atoms with Crippen molar-refractivity contribution in [3.05, 3.63) is 24.5 Å². The van der Waals surface area contributed by atoms with Crippen LogP contribution in [0.15, 0.2) is 24.5 Å². The van der Waals surface area contributed by atoms with Gasteiger partial charge < -0.3 is 19.9 Å². The van der Waals surface area contributed by atoms with Crippen molar-refractivity contribution in [3.8, 4) is 0 Å². The quantitative estimate of drug-likeness (QED) is 0.604. The fourth-order valence-corrected chi connectivity index (χ4v) is 1.28. The predicted octanol–water partition coefficient (Wildman–Crippen LogP) is -0.160. The smallest absolute Gasteiger partial charge is 0.234 e. The summed E-state index contributed by atoms with van der Waals surface area (Å²) >= 11 is 0. The van der Waals surface area contributed by atoms with E-state index >= 15 is 0 Å². The lowest BCUT2D eigenvalue weighted by atomic mass is 10.5. The molecule has 5 heteroatoms. The highest BCUT2D eigenvalue weighted by Crippen LogP contribution is 1.87. The number of nitrogens with one attached hydrogen (secondary N) is 2. The molecule has 0 saturated carbocycles. The van der Waals surface area contributed by atoms with E-state index < -0.39 is 0 Å². The minimum atomic E-state index is 0.0169. The first-order valence-corrected chi connectivity index (χ1v) is 5.40. The van der Waals surface area contributed by atoms with Crippen molar-refractivity contribution in [1.82, 2.24) is 15.2 Å². The molecule has 0 radical (unpaired) electrons. The third kappa shape index (κ3) is 5.53. The molecule has 0 saturated heterocycles. The molecule has 0 bridgehead atoms. The van der Waals surface area contributed by atoms with E-state index in [1.165, 1.54) is 0 Å². The first-order valence-electron chi connectivity index (χ1n) is 5.40. The Labute approximate surface area is 95.8 Å². The van der Waals surface area contributed by atoms with E-state index in [9.17, 15) is 4.79 Å². The van der Waals surface area contributed by atoms with Crippen LogP contribution in [0, 0.1) is 0 Å². The van der Waals surface area contributed by atoms with Crippen molar-refractivity contribution in [3.63, 3.8) is 0 Å². The van der Waals surface area contributed by atoms with Crippen molar-refractivity contribution >= 4 is 5.91 Å². The minimum absolute atomic E-state index is 0.0169. The van der Waals surface area contributed by atoms with Gasteiger partial charge >= 0.3 is 0 Å². The summed E-state index contributed by atoms with van der Waals surface area (Å²) in [5.41, 5.74) is 0.